The first kappa shape index (κ1) is 21.5. The maximum atomic E-state index is 12.8. The average molecular weight is 400 g/mol. The van der Waals surface area contributed by atoms with Crippen LogP contribution in [-0.2, 0) is 14.4 Å². The summed E-state index contributed by atoms with van der Waals surface area (Å²) in [7, 11) is 0. The number of rotatable bonds is 5. The van der Waals surface area contributed by atoms with Crippen LogP contribution >= 0.6 is 0 Å². The highest BCUT2D eigenvalue weighted by atomic mass is 16.4. The van der Waals surface area contributed by atoms with Crippen LogP contribution in [0.2, 0.25) is 0 Å². The van der Waals surface area contributed by atoms with E-state index in [4.69, 9.17) is 5.11 Å². The number of allylic oxidation sites excluding steroid dienone is 5. The first-order valence-corrected chi connectivity index (χ1v) is 10.7. The molecule has 0 aliphatic heterocycles. The molecular formula is C24H33NO4. The number of carboxylic acids is 1. The summed E-state index contributed by atoms with van der Waals surface area (Å²) in [6.07, 6.45) is 10.1. The summed E-state index contributed by atoms with van der Waals surface area (Å²) in [5.41, 5.74) is 2.17. The Labute approximate surface area is 173 Å². The van der Waals surface area contributed by atoms with Gasteiger partial charge in [0.25, 0.3) is 0 Å². The fourth-order valence-electron chi connectivity index (χ4n) is 5.77. The molecule has 2 N–H and O–H groups in total. The van der Waals surface area contributed by atoms with Crippen molar-refractivity contribution in [2.45, 2.75) is 72.8 Å². The van der Waals surface area contributed by atoms with Crippen LogP contribution in [0.25, 0.3) is 0 Å². The van der Waals surface area contributed by atoms with Crippen molar-refractivity contribution in [2.75, 3.05) is 0 Å². The molecule has 0 saturated heterocycles. The second kappa shape index (κ2) is 7.58. The van der Waals surface area contributed by atoms with E-state index >= 15 is 0 Å². The van der Waals surface area contributed by atoms with Crippen LogP contribution in [0.15, 0.2) is 35.1 Å². The van der Waals surface area contributed by atoms with Crippen LogP contribution < -0.4 is 5.32 Å². The van der Waals surface area contributed by atoms with E-state index in [0.717, 1.165) is 19.3 Å². The summed E-state index contributed by atoms with van der Waals surface area (Å²) in [6.45, 7) is 10.6. The van der Waals surface area contributed by atoms with Gasteiger partial charge in [0, 0.05) is 11.6 Å². The van der Waals surface area contributed by atoms with Gasteiger partial charge in [-0.05, 0) is 74.7 Å². The average Bonchev–Trinajstić information content (AvgIpc) is 2.64. The Bertz CT molecular complexity index is 836. The van der Waals surface area contributed by atoms with Crippen LogP contribution in [0, 0.1) is 22.7 Å². The Morgan fingerprint density at radius 2 is 1.93 bits per heavy atom. The molecule has 29 heavy (non-hydrogen) atoms. The molecule has 3 aliphatic carbocycles. The molecule has 0 aromatic heterocycles. The van der Waals surface area contributed by atoms with Gasteiger partial charge in [-0.2, -0.15) is 0 Å². The monoisotopic (exact) mass is 399 g/mol. The maximum Gasteiger partial charge on any atom is 0.325 e. The Kier molecular flexibility index (Phi) is 5.63. The summed E-state index contributed by atoms with van der Waals surface area (Å²) >= 11 is 0. The highest BCUT2D eigenvalue weighted by molar-refractivity contribution is 6.19. The highest BCUT2D eigenvalue weighted by Crippen LogP contribution is 2.62. The molecule has 0 spiro atoms. The van der Waals surface area contributed by atoms with E-state index in [-0.39, 0.29) is 28.1 Å². The highest BCUT2D eigenvalue weighted by Gasteiger charge is 2.53. The maximum absolute atomic E-state index is 12.8. The van der Waals surface area contributed by atoms with E-state index < -0.39 is 12.0 Å². The molecule has 5 atom stereocenters. The van der Waals surface area contributed by atoms with E-state index in [1.807, 2.05) is 0 Å². The summed E-state index contributed by atoms with van der Waals surface area (Å²) in [5.74, 6) is -0.630. The van der Waals surface area contributed by atoms with Gasteiger partial charge in [0.1, 0.15) is 6.04 Å². The topological polar surface area (TPSA) is 83.5 Å². The number of hydrogen-bond donors (Lipinski definition) is 2. The smallest absolute Gasteiger partial charge is 0.325 e. The number of carboxylic acid groups (broad SMARTS) is 1. The number of carbonyl (C=O) groups is 3. The van der Waals surface area contributed by atoms with E-state index in [2.05, 4.69) is 39.1 Å². The predicted molar refractivity (Wildman–Crippen MR) is 112 cm³/mol. The normalized spacial score (nSPS) is 35.8. The lowest BCUT2D eigenvalue weighted by atomic mass is 9.46. The van der Waals surface area contributed by atoms with Crippen LogP contribution in [0.3, 0.4) is 0 Å². The first-order chi connectivity index (χ1) is 13.5. The summed E-state index contributed by atoms with van der Waals surface area (Å²) in [6, 6.07) is -0.929. The zero-order valence-corrected chi connectivity index (χ0v) is 18.2. The second-order valence-corrected chi connectivity index (χ2v) is 9.72. The molecule has 158 valence electrons. The van der Waals surface area contributed by atoms with Gasteiger partial charge in [-0.15, -0.1) is 0 Å². The van der Waals surface area contributed by atoms with Gasteiger partial charge in [-0.25, -0.2) is 0 Å². The van der Waals surface area contributed by atoms with Crippen molar-refractivity contribution in [3.63, 3.8) is 0 Å². The third-order valence-corrected chi connectivity index (χ3v) is 8.07. The summed E-state index contributed by atoms with van der Waals surface area (Å²) in [4.78, 5) is 36.5. The largest absolute Gasteiger partial charge is 0.480 e. The molecule has 1 unspecified atom stereocenters. The Morgan fingerprint density at radius 1 is 1.24 bits per heavy atom. The van der Waals surface area contributed by atoms with Gasteiger partial charge in [0.15, 0.2) is 5.78 Å². The van der Waals surface area contributed by atoms with Gasteiger partial charge in [-0.3, -0.25) is 14.4 Å². The quantitative estimate of drug-likeness (QED) is 0.535. The van der Waals surface area contributed by atoms with Crippen molar-refractivity contribution in [3.8, 4) is 0 Å². The van der Waals surface area contributed by atoms with Gasteiger partial charge in [0.05, 0.1) is 5.70 Å². The molecule has 5 nitrogen and oxygen atoms in total. The van der Waals surface area contributed by atoms with Gasteiger partial charge >= 0.3 is 5.97 Å². The molecule has 5 heteroatoms. The van der Waals surface area contributed by atoms with E-state index in [1.165, 1.54) is 31.1 Å². The molecular weight excluding hydrogens is 366 g/mol. The molecule has 0 heterocycles. The number of ketones is 2. The zero-order valence-electron chi connectivity index (χ0n) is 18.2. The zero-order chi connectivity index (χ0) is 21.6. The number of fused-ring (bicyclic) bond motifs is 1. The molecule has 0 aromatic carbocycles. The molecule has 3 aliphatic rings. The van der Waals surface area contributed by atoms with Crippen molar-refractivity contribution in [3.05, 3.63) is 35.1 Å². The minimum atomic E-state index is -1.07. The number of aliphatic carboxylic acids is 1. The predicted octanol–water partition coefficient (Wildman–Crippen LogP) is 4.20. The SMILES string of the molecule is CC1=CCC[C@H]2[C@]1(C)CCC(C)[C@@]2(C)CC1=CC(=O)C(N[C@@H](C)C(=O)O)=CC1=O. The third-order valence-electron chi connectivity index (χ3n) is 8.07. The molecule has 0 bridgehead atoms. The van der Waals surface area contributed by atoms with Crippen molar-refractivity contribution in [1.29, 1.82) is 0 Å². The van der Waals surface area contributed by atoms with Crippen molar-refractivity contribution in [2.24, 2.45) is 22.7 Å². The van der Waals surface area contributed by atoms with Crippen molar-refractivity contribution < 1.29 is 19.5 Å². The fourth-order valence-corrected chi connectivity index (χ4v) is 5.77. The fraction of sp³-hybridized carbons (Fsp3) is 0.625. The van der Waals surface area contributed by atoms with Crippen molar-refractivity contribution >= 4 is 17.5 Å². The van der Waals surface area contributed by atoms with E-state index in [9.17, 15) is 14.4 Å². The van der Waals surface area contributed by atoms with Gasteiger partial charge in [0.2, 0.25) is 5.78 Å². The van der Waals surface area contributed by atoms with Gasteiger partial charge < -0.3 is 10.4 Å². The minimum absolute atomic E-state index is 0.0581. The lowest BCUT2D eigenvalue weighted by Gasteiger charge is -2.58. The lowest BCUT2D eigenvalue weighted by Crippen LogP contribution is -2.50. The Hall–Kier alpha value is -2.17. The van der Waals surface area contributed by atoms with Gasteiger partial charge in [-0.1, -0.05) is 32.4 Å². The van der Waals surface area contributed by atoms with E-state index in [0.29, 0.717) is 23.8 Å². The van der Waals surface area contributed by atoms with Crippen LogP contribution in [0.5, 0.6) is 0 Å². The standard InChI is InChI=1S/C24H33NO4/c1-14-7-6-8-21-23(14,4)10-9-15(2)24(21,5)13-17-11-20(27)18(12-19(17)26)25-16(3)22(28)29/h7,11-12,15-16,21,25H,6,8-10,13H2,1-5H3,(H,28,29)/t15?,16-,21-,23+,24+/m0/s1. The Morgan fingerprint density at radius 3 is 2.59 bits per heavy atom. The third kappa shape index (κ3) is 3.72. The Balaban J connectivity index is 1.85. The van der Waals surface area contributed by atoms with Crippen LogP contribution in [0.1, 0.15) is 66.7 Å². The molecule has 0 radical (unpaired) electrons. The lowest BCUT2D eigenvalue weighted by molar-refractivity contribution is -0.138. The number of hydrogen-bond acceptors (Lipinski definition) is 4. The molecule has 0 amide bonds. The number of carbonyl (C=O) groups excluding carboxylic acids is 2. The molecule has 3 rings (SSSR count). The summed E-state index contributed by atoms with van der Waals surface area (Å²) < 4.78 is 0. The molecule has 1 saturated carbocycles. The second-order valence-electron chi connectivity index (χ2n) is 9.72. The first-order valence-electron chi connectivity index (χ1n) is 10.7. The molecule has 1 fully saturated rings. The van der Waals surface area contributed by atoms with E-state index in [1.54, 1.807) is 0 Å². The minimum Gasteiger partial charge on any atom is -0.480 e. The summed E-state index contributed by atoms with van der Waals surface area (Å²) in [5, 5.41) is 11.7. The van der Waals surface area contributed by atoms with Crippen LogP contribution in [0.4, 0.5) is 0 Å². The van der Waals surface area contributed by atoms with Crippen molar-refractivity contribution in [1.82, 2.24) is 5.32 Å². The molecule has 0 aromatic rings. The number of nitrogens with one attached hydrogen (secondary N) is 1. The van der Waals surface area contributed by atoms with Crippen LogP contribution in [-0.4, -0.2) is 28.7 Å².